The summed E-state index contributed by atoms with van der Waals surface area (Å²) in [6, 6.07) is 12.9. The van der Waals surface area contributed by atoms with E-state index in [1.165, 1.54) is 0 Å². The van der Waals surface area contributed by atoms with Crippen molar-refractivity contribution in [2.75, 3.05) is 18.9 Å². The lowest BCUT2D eigenvalue weighted by atomic mass is 10.0. The Morgan fingerprint density at radius 2 is 1.84 bits per heavy atom. The maximum Gasteiger partial charge on any atom is 0.251 e. The van der Waals surface area contributed by atoms with Gasteiger partial charge in [-0.05, 0) is 54.7 Å². The van der Waals surface area contributed by atoms with E-state index in [4.69, 9.17) is 15.2 Å². The molecule has 1 fully saturated rings. The van der Waals surface area contributed by atoms with Crippen LogP contribution in [0.2, 0.25) is 0 Å². The van der Waals surface area contributed by atoms with E-state index in [1.54, 1.807) is 24.3 Å². The van der Waals surface area contributed by atoms with Crippen LogP contribution in [0.4, 0.5) is 5.69 Å². The second kappa shape index (κ2) is 7.23. The number of carbonyl (C=O) groups excluding carboxylic acids is 1. The fourth-order valence-electron chi connectivity index (χ4n) is 3.06. The molecule has 25 heavy (non-hydrogen) atoms. The van der Waals surface area contributed by atoms with Crippen LogP contribution >= 0.6 is 12.4 Å². The fraction of sp³-hybridized carbons (Fsp3) is 0.316. The van der Waals surface area contributed by atoms with Gasteiger partial charge in [0, 0.05) is 11.3 Å². The minimum Gasteiger partial charge on any atom is -0.486 e. The predicted octanol–water partition coefficient (Wildman–Crippen LogP) is 3.34. The van der Waals surface area contributed by atoms with Crippen LogP contribution in [0.25, 0.3) is 0 Å². The van der Waals surface area contributed by atoms with Crippen LogP contribution in [0.5, 0.6) is 11.5 Å². The molecule has 0 bridgehead atoms. The molecule has 0 aromatic heterocycles. The molecule has 6 heteroatoms. The quantitative estimate of drug-likeness (QED) is 0.820. The maximum absolute atomic E-state index is 12.6. The van der Waals surface area contributed by atoms with E-state index in [1.807, 2.05) is 18.2 Å². The number of ether oxygens (including phenoxy) is 2. The first kappa shape index (κ1) is 17.4. The maximum atomic E-state index is 12.6. The van der Waals surface area contributed by atoms with Gasteiger partial charge in [0.1, 0.15) is 13.2 Å². The average molecular weight is 361 g/mol. The van der Waals surface area contributed by atoms with Gasteiger partial charge in [-0.15, -0.1) is 12.4 Å². The van der Waals surface area contributed by atoms with E-state index >= 15 is 0 Å². The Morgan fingerprint density at radius 3 is 2.56 bits per heavy atom. The number of anilines is 1. The number of hydrogen-bond acceptors (Lipinski definition) is 4. The van der Waals surface area contributed by atoms with Crippen LogP contribution in [-0.2, 0) is 0 Å². The molecule has 0 spiro atoms. The van der Waals surface area contributed by atoms with Crippen molar-refractivity contribution in [2.45, 2.75) is 18.9 Å². The van der Waals surface area contributed by atoms with Gasteiger partial charge in [-0.25, -0.2) is 0 Å². The Kier molecular flexibility index (Phi) is 5.04. The van der Waals surface area contributed by atoms with Crippen molar-refractivity contribution < 1.29 is 14.3 Å². The third-order valence-electron chi connectivity index (χ3n) is 4.45. The van der Waals surface area contributed by atoms with Crippen molar-refractivity contribution in [3.05, 3.63) is 53.6 Å². The number of benzene rings is 2. The zero-order valence-corrected chi connectivity index (χ0v) is 14.6. The summed E-state index contributed by atoms with van der Waals surface area (Å²) in [5, 5.41) is 3.15. The van der Waals surface area contributed by atoms with Gasteiger partial charge in [-0.2, -0.15) is 0 Å². The molecular formula is C19H21ClN2O3. The summed E-state index contributed by atoms with van der Waals surface area (Å²) >= 11 is 0. The number of amides is 1. The van der Waals surface area contributed by atoms with Crippen molar-refractivity contribution in [3.8, 4) is 11.5 Å². The molecule has 1 aliphatic heterocycles. The van der Waals surface area contributed by atoms with Crippen LogP contribution < -0.4 is 20.5 Å². The number of nitrogens with one attached hydrogen (secondary N) is 1. The lowest BCUT2D eigenvalue weighted by Crippen LogP contribution is -2.30. The molecule has 0 radical (unpaired) electrons. The highest BCUT2D eigenvalue weighted by atomic mass is 35.5. The monoisotopic (exact) mass is 360 g/mol. The zero-order chi connectivity index (χ0) is 16.5. The first-order chi connectivity index (χ1) is 11.7. The summed E-state index contributed by atoms with van der Waals surface area (Å²) in [5.74, 6) is 1.89. The highest BCUT2D eigenvalue weighted by Crippen LogP contribution is 2.43. The van der Waals surface area contributed by atoms with Crippen molar-refractivity contribution in [1.82, 2.24) is 5.32 Å². The molecule has 5 nitrogen and oxygen atoms in total. The smallest absolute Gasteiger partial charge is 0.251 e. The predicted molar refractivity (Wildman–Crippen MR) is 98.5 cm³/mol. The Hall–Kier alpha value is -2.40. The minimum atomic E-state index is -0.103. The highest BCUT2D eigenvalue weighted by Gasteiger charge is 2.34. The van der Waals surface area contributed by atoms with E-state index in [9.17, 15) is 4.79 Å². The van der Waals surface area contributed by atoms with E-state index in [2.05, 4.69) is 5.32 Å². The number of rotatable bonds is 4. The van der Waals surface area contributed by atoms with Gasteiger partial charge < -0.3 is 20.5 Å². The molecule has 1 saturated carbocycles. The second-order valence-electron chi connectivity index (χ2n) is 6.32. The van der Waals surface area contributed by atoms with Crippen LogP contribution in [-0.4, -0.2) is 19.1 Å². The number of halogens is 1. The largest absolute Gasteiger partial charge is 0.486 e. The van der Waals surface area contributed by atoms with Crippen molar-refractivity contribution >= 4 is 24.0 Å². The average Bonchev–Trinajstić information content (AvgIpc) is 3.44. The van der Waals surface area contributed by atoms with E-state index < -0.39 is 0 Å². The highest BCUT2D eigenvalue weighted by molar-refractivity contribution is 5.95. The molecule has 4 rings (SSSR count). The van der Waals surface area contributed by atoms with Gasteiger partial charge in [-0.3, -0.25) is 4.79 Å². The van der Waals surface area contributed by atoms with Crippen LogP contribution in [0.3, 0.4) is 0 Å². The van der Waals surface area contributed by atoms with Gasteiger partial charge >= 0.3 is 0 Å². The molecule has 2 aromatic carbocycles. The first-order valence-corrected chi connectivity index (χ1v) is 8.26. The topological polar surface area (TPSA) is 73.6 Å². The number of nitrogens with two attached hydrogens (primary N) is 1. The zero-order valence-electron chi connectivity index (χ0n) is 13.7. The SMILES string of the molecule is Cl.Nc1cccc(C(=O)NC(c2ccc3c(c2)OCCO3)C2CC2)c1. The number of carbonyl (C=O) groups is 1. The lowest BCUT2D eigenvalue weighted by Gasteiger charge is -2.23. The molecule has 1 heterocycles. The summed E-state index contributed by atoms with van der Waals surface area (Å²) in [7, 11) is 0. The summed E-state index contributed by atoms with van der Waals surface area (Å²) < 4.78 is 11.2. The van der Waals surface area contributed by atoms with E-state index in [0.717, 1.165) is 29.9 Å². The standard InChI is InChI=1S/C19H20N2O3.ClH/c20-15-3-1-2-14(10-15)19(22)21-18(12-4-5-12)13-6-7-16-17(11-13)24-9-8-23-16;/h1-3,6-7,10-12,18H,4-5,8-9,20H2,(H,21,22);1H. The van der Waals surface area contributed by atoms with Gasteiger partial charge in [0.15, 0.2) is 11.5 Å². The van der Waals surface area contributed by atoms with Gasteiger partial charge in [0.25, 0.3) is 5.91 Å². The summed E-state index contributed by atoms with van der Waals surface area (Å²) in [6.07, 6.45) is 2.24. The summed E-state index contributed by atoms with van der Waals surface area (Å²) in [6.45, 7) is 1.13. The fourth-order valence-corrected chi connectivity index (χ4v) is 3.06. The normalized spacial score (nSPS) is 16.5. The third-order valence-corrected chi connectivity index (χ3v) is 4.45. The first-order valence-electron chi connectivity index (χ1n) is 8.26. The van der Waals surface area contributed by atoms with Crippen molar-refractivity contribution in [1.29, 1.82) is 0 Å². The molecular weight excluding hydrogens is 340 g/mol. The lowest BCUT2D eigenvalue weighted by molar-refractivity contribution is 0.0931. The van der Waals surface area contributed by atoms with Gasteiger partial charge in [0.2, 0.25) is 0 Å². The Bertz CT molecular complexity index is 777. The number of hydrogen-bond donors (Lipinski definition) is 2. The summed E-state index contributed by atoms with van der Waals surface area (Å²) in [4.78, 5) is 12.6. The Balaban J connectivity index is 0.00000182. The Labute approximate surface area is 152 Å². The number of fused-ring (bicyclic) bond motifs is 1. The van der Waals surface area contributed by atoms with Gasteiger partial charge in [0.05, 0.1) is 6.04 Å². The molecule has 2 aliphatic rings. The molecule has 1 amide bonds. The number of nitrogen functional groups attached to an aromatic ring is 1. The Morgan fingerprint density at radius 1 is 1.08 bits per heavy atom. The summed E-state index contributed by atoms with van der Waals surface area (Å²) in [5.41, 5.74) is 8.00. The van der Waals surface area contributed by atoms with E-state index in [0.29, 0.717) is 30.4 Å². The third kappa shape index (κ3) is 3.82. The molecule has 1 atom stereocenters. The van der Waals surface area contributed by atoms with Gasteiger partial charge in [-0.1, -0.05) is 12.1 Å². The molecule has 3 N–H and O–H groups in total. The molecule has 1 aliphatic carbocycles. The van der Waals surface area contributed by atoms with Crippen LogP contribution in [0, 0.1) is 5.92 Å². The second-order valence-corrected chi connectivity index (χ2v) is 6.32. The van der Waals surface area contributed by atoms with Crippen LogP contribution in [0.15, 0.2) is 42.5 Å². The van der Waals surface area contributed by atoms with Crippen LogP contribution in [0.1, 0.15) is 34.8 Å². The molecule has 132 valence electrons. The molecule has 2 aromatic rings. The van der Waals surface area contributed by atoms with E-state index in [-0.39, 0.29) is 24.4 Å². The van der Waals surface area contributed by atoms with Crippen molar-refractivity contribution in [3.63, 3.8) is 0 Å². The minimum absolute atomic E-state index is 0. The molecule has 1 unspecified atom stereocenters. The molecule has 0 saturated heterocycles. The van der Waals surface area contributed by atoms with Crippen molar-refractivity contribution in [2.24, 2.45) is 5.92 Å².